The number of carbonyl (C=O) groups is 3. The van der Waals surface area contributed by atoms with Crippen molar-refractivity contribution in [2.24, 2.45) is 0 Å². The van der Waals surface area contributed by atoms with Gasteiger partial charge in [0.25, 0.3) is 11.8 Å². The van der Waals surface area contributed by atoms with Crippen molar-refractivity contribution in [3.05, 3.63) is 77.9 Å². The molecule has 2 saturated heterocycles. The van der Waals surface area contributed by atoms with Gasteiger partial charge in [0.1, 0.15) is 11.3 Å². The molecule has 35 heavy (non-hydrogen) atoms. The molecule has 2 aliphatic heterocycles. The van der Waals surface area contributed by atoms with Gasteiger partial charge in [-0.2, -0.15) is 5.01 Å². The fourth-order valence-electron chi connectivity index (χ4n) is 5.11. The third-order valence-corrected chi connectivity index (χ3v) is 6.99. The molecular formula is C27H28N4O4. The molecule has 8 nitrogen and oxygen atoms in total. The molecule has 8 heteroatoms. The zero-order valence-corrected chi connectivity index (χ0v) is 19.8. The van der Waals surface area contributed by atoms with E-state index in [1.807, 2.05) is 18.2 Å². The third-order valence-electron chi connectivity index (χ3n) is 6.99. The number of nitrogens with zero attached hydrogens (tertiary/aromatic N) is 2. The Balaban J connectivity index is 1.30. The SMILES string of the molecule is COc1ccc(C2(C)NC(=O)N(NC(=O)CN3CCCC3c3cccc4ccccc34)C2=O)cc1. The standard InChI is InChI=1S/C27H28N4O4/c1-27(19-12-14-20(35-2)15-13-19)25(33)31(26(34)28-27)29-24(32)17-30-16-6-11-23(30)22-10-5-8-18-7-3-4-9-21(18)22/h3-5,7-10,12-15,23H,6,11,16-17H2,1-2H3,(H,28,34)(H,29,32). The molecule has 2 fully saturated rings. The molecule has 0 bridgehead atoms. The Morgan fingerprint density at radius 1 is 1.09 bits per heavy atom. The number of urea groups is 1. The number of likely N-dealkylation sites (tertiary alicyclic amines) is 1. The van der Waals surface area contributed by atoms with E-state index in [9.17, 15) is 14.4 Å². The maximum atomic E-state index is 13.2. The lowest BCUT2D eigenvalue weighted by atomic mass is 9.92. The summed E-state index contributed by atoms with van der Waals surface area (Å²) in [7, 11) is 1.56. The molecule has 0 saturated carbocycles. The predicted octanol–water partition coefficient (Wildman–Crippen LogP) is 3.48. The van der Waals surface area contributed by atoms with Crippen LogP contribution in [0, 0.1) is 0 Å². The summed E-state index contributed by atoms with van der Waals surface area (Å²) in [5.74, 6) is -0.293. The Bertz CT molecular complexity index is 1290. The first-order valence-corrected chi connectivity index (χ1v) is 11.7. The van der Waals surface area contributed by atoms with Gasteiger partial charge in [-0.15, -0.1) is 0 Å². The van der Waals surface area contributed by atoms with Crippen molar-refractivity contribution in [3.8, 4) is 5.75 Å². The Morgan fingerprint density at radius 3 is 2.60 bits per heavy atom. The maximum Gasteiger partial charge on any atom is 0.344 e. The highest BCUT2D eigenvalue weighted by atomic mass is 16.5. The molecule has 2 heterocycles. The van der Waals surface area contributed by atoms with Crippen LogP contribution in [0.25, 0.3) is 10.8 Å². The molecule has 2 atom stereocenters. The van der Waals surface area contributed by atoms with Crippen molar-refractivity contribution in [3.63, 3.8) is 0 Å². The van der Waals surface area contributed by atoms with Gasteiger partial charge < -0.3 is 10.1 Å². The molecule has 0 aliphatic carbocycles. The average molecular weight is 473 g/mol. The second kappa shape index (κ2) is 9.03. The largest absolute Gasteiger partial charge is 0.497 e. The topological polar surface area (TPSA) is 91.0 Å². The number of imide groups is 1. The smallest absolute Gasteiger partial charge is 0.344 e. The van der Waals surface area contributed by atoms with Gasteiger partial charge in [0, 0.05) is 6.04 Å². The summed E-state index contributed by atoms with van der Waals surface area (Å²) in [6.07, 6.45) is 1.92. The van der Waals surface area contributed by atoms with E-state index in [1.54, 1.807) is 38.3 Å². The zero-order valence-electron chi connectivity index (χ0n) is 19.8. The van der Waals surface area contributed by atoms with Gasteiger partial charge in [-0.3, -0.25) is 19.9 Å². The molecule has 0 spiro atoms. The fourth-order valence-corrected chi connectivity index (χ4v) is 5.11. The number of rotatable bonds is 6. The normalized spacial score (nSPS) is 22.5. The molecule has 2 N–H and O–H groups in total. The molecule has 3 aromatic carbocycles. The van der Waals surface area contributed by atoms with E-state index in [0.29, 0.717) is 11.3 Å². The Kier molecular flexibility index (Phi) is 5.90. The molecule has 0 radical (unpaired) electrons. The van der Waals surface area contributed by atoms with Gasteiger partial charge in [0.2, 0.25) is 0 Å². The number of carbonyl (C=O) groups excluding carboxylic acids is 3. The van der Waals surface area contributed by atoms with Crippen LogP contribution >= 0.6 is 0 Å². The number of methoxy groups -OCH3 is 1. The predicted molar refractivity (Wildman–Crippen MR) is 131 cm³/mol. The molecular weight excluding hydrogens is 444 g/mol. The summed E-state index contributed by atoms with van der Waals surface area (Å²) in [6.45, 7) is 2.48. The summed E-state index contributed by atoms with van der Waals surface area (Å²) in [5, 5.41) is 5.84. The lowest BCUT2D eigenvalue weighted by Gasteiger charge is -2.26. The van der Waals surface area contributed by atoms with E-state index in [2.05, 4.69) is 39.9 Å². The van der Waals surface area contributed by atoms with E-state index < -0.39 is 23.4 Å². The van der Waals surface area contributed by atoms with Gasteiger partial charge in [0.05, 0.1) is 13.7 Å². The molecule has 2 unspecified atom stereocenters. The molecule has 3 aromatic rings. The van der Waals surface area contributed by atoms with Gasteiger partial charge in [-0.25, -0.2) is 4.79 Å². The first-order chi connectivity index (χ1) is 16.9. The van der Waals surface area contributed by atoms with E-state index in [4.69, 9.17) is 4.74 Å². The number of nitrogens with one attached hydrogen (secondary N) is 2. The minimum absolute atomic E-state index is 0.0875. The molecule has 2 aliphatic rings. The summed E-state index contributed by atoms with van der Waals surface area (Å²) in [6, 6.07) is 20.8. The van der Waals surface area contributed by atoms with Crippen LogP contribution in [0.3, 0.4) is 0 Å². The quantitative estimate of drug-likeness (QED) is 0.536. The van der Waals surface area contributed by atoms with Crippen molar-refractivity contribution >= 4 is 28.6 Å². The maximum absolute atomic E-state index is 13.2. The third kappa shape index (κ3) is 4.10. The van der Waals surface area contributed by atoms with Crippen LogP contribution in [0.1, 0.15) is 36.9 Å². The summed E-state index contributed by atoms with van der Waals surface area (Å²) < 4.78 is 5.17. The fraction of sp³-hybridized carbons (Fsp3) is 0.296. The minimum atomic E-state index is -1.28. The summed E-state index contributed by atoms with van der Waals surface area (Å²) >= 11 is 0. The number of fused-ring (bicyclic) bond motifs is 1. The lowest BCUT2D eigenvalue weighted by molar-refractivity contribution is -0.139. The van der Waals surface area contributed by atoms with Crippen LogP contribution in [0.15, 0.2) is 66.7 Å². The van der Waals surface area contributed by atoms with E-state index in [-0.39, 0.29) is 12.6 Å². The van der Waals surface area contributed by atoms with Crippen molar-refractivity contribution in [1.29, 1.82) is 0 Å². The number of hydrogen-bond donors (Lipinski definition) is 2. The Hall–Kier alpha value is -3.91. The van der Waals surface area contributed by atoms with Crippen molar-refractivity contribution in [2.45, 2.75) is 31.3 Å². The second-order valence-electron chi connectivity index (χ2n) is 9.16. The highest BCUT2D eigenvalue weighted by Gasteiger charge is 2.50. The average Bonchev–Trinajstić information content (AvgIpc) is 3.41. The van der Waals surface area contributed by atoms with Gasteiger partial charge in [-0.05, 0) is 60.3 Å². The Labute approximate surface area is 203 Å². The van der Waals surface area contributed by atoms with Gasteiger partial charge in [0.15, 0.2) is 0 Å². The Morgan fingerprint density at radius 2 is 1.83 bits per heavy atom. The summed E-state index contributed by atoms with van der Waals surface area (Å²) in [4.78, 5) is 40.9. The molecule has 180 valence electrons. The molecule has 0 aromatic heterocycles. The van der Waals surface area contributed by atoms with Crippen LogP contribution in [0.5, 0.6) is 5.75 Å². The van der Waals surface area contributed by atoms with Gasteiger partial charge in [-0.1, -0.05) is 54.6 Å². The number of benzene rings is 3. The van der Waals surface area contributed by atoms with Gasteiger partial charge >= 0.3 is 6.03 Å². The van der Waals surface area contributed by atoms with Crippen LogP contribution in [0.2, 0.25) is 0 Å². The van der Waals surface area contributed by atoms with Crippen LogP contribution in [-0.4, -0.2) is 48.0 Å². The van der Waals surface area contributed by atoms with Crippen LogP contribution in [0.4, 0.5) is 4.79 Å². The number of hydrazine groups is 1. The molecule has 5 rings (SSSR count). The first-order valence-electron chi connectivity index (χ1n) is 11.7. The highest BCUT2D eigenvalue weighted by Crippen LogP contribution is 2.36. The van der Waals surface area contributed by atoms with Crippen molar-refractivity contribution in [2.75, 3.05) is 20.2 Å². The molecule has 4 amide bonds. The monoisotopic (exact) mass is 472 g/mol. The number of amides is 4. The zero-order chi connectivity index (χ0) is 24.6. The number of ether oxygens (including phenoxy) is 1. The first kappa shape index (κ1) is 22.9. The van der Waals surface area contributed by atoms with Crippen LogP contribution in [-0.2, 0) is 15.1 Å². The highest BCUT2D eigenvalue weighted by molar-refractivity contribution is 6.08. The summed E-state index contributed by atoms with van der Waals surface area (Å²) in [5.41, 5.74) is 3.04. The lowest BCUT2D eigenvalue weighted by Crippen LogP contribution is -2.50. The van der Waals surface area contributed by atoms with E-state index in [1.165, 1.54) is 16.3 Å². The van der Waals surface area contributed by atoms with Crippen molar-refractivity contribution in [1.82, 2.24) is 20.7 Å². The van der Waals surface area contributed by atoms with Crippen LogP contribution < -0.4 is 15.5 Å². The van der Waals surface area contributed by atoms with E-state index >= 15 is 0 Å². The minimum Gasteiger partial charge on any atom is -0.497 e. The second-order valence-corrected chi connectivity index (χ2v) is 9.16. The van der Waals surface area contributed by atoms with Crippen molar-refractivity contribution < 1.29 is 19.1 Å². The van der Waals surface area contributed by atoms with E-state index in [0.717, 1.165) is 24.4 Å². The number of hydrogen-bond acceptors (Lipinski definition) is 5.